The topological polar surface area (TPSA) is 99.1 Å². The quantitative estimate of drug-likeness (QED) is 0.0281. The fourth-order valence-electron chi connectivity index (χ4n) is 8.15. The normalized spacial score (nSPS) is 13.1. The Hall–Kier alpha value is -2.45. The van der Waals surface area contributed by atoms with Gasteiger partial charge in [-0.05, 0) is 38.5 Å². The summed E-state index contributed by atoms with van der Waals surface area (Å²) in [5.74, 6) is -1.48. The van der Waals surface area contributed by atoms with E-state index in [1.54, 1.807) is 0 Å². The number of carbonyl (C=O) groups excluding carboxylic acids is 2. The van der Waals surface area contributed by atoms with Crippen molar-refractivity contribution in [2.45, 2.75) is 264 Å². The molecule has 0 saturated carbocycles. The Morgan fingerprint density at radius 3 is 1.20 bits per heavy atom. The van der Waals surface area contributed by atoms with Crippen LogP contribution >= 0.6 is 0 Å². The third-order valence-electron chi connectivity index (χ3n) is 12.4. The molecule has 0 aliphatic rings. The number of esters is 2. The molecule has 374 valence electrons. The number of unbranched alkanes of at least 4 members (excludes halogenated alkanes) is 31. The monoisotopic (exact) mass is 903 g/mol. The average Bonchev–Trinajstić information content (AvgIpc) is 3.26. The molecule has 0 aliphatic carbocycles. The third kappa shape index (κ3) is 44.7. The summed E-state index contributed by atoms with van der Waals surface area (Å²) in [5.41, 5.74) is 0. The van der Waals surface area contributed by atoms with Crippen molar-refractivity contribution in [2.75, 3.05) is 41.0 Å². The Bertz CT molecular complexity index is 1140. The average molecular weight is 903 g/mol. The number of hydrogen-bond donors (Lipinski definition) is 1. The van der Waals surface area contributed by atoms with E-state index in [0.29, 0.717) is 19.3 Å². The number of ether oxygens (including phenoxy) is 3. The number of quaternary nitrogens is 1. The van der Waals surface area contributed by atoms with Crippen molar-refractivity contribution in [1.29, 1.82) is 0 Å². The van der Waals surface area contributed by atoms with Crippen LogP contribution in [0.2, 0.25) is 0 Å². The Morgan fingerprint density at radius 2 is 0.828 bits per heavy atom. The fraction of sp³-hybridized carbons (Fsp3) is 0.839. The van der Waals surface area contributed by atoms with Crippen molar-refractivity contribution in [3.05, 3.63) is 36.5 Å². The van der Waals surface area contributed by atoms with Gasteiger partial charge >= 0.3 is 17.9 Å². The zero-order valence-corrected chi connectivity index (χ0v) is 42.7. The maximum absolute atomic E-state index is 12.8. The first-order chi connectivity index (χ1) is 31.1. The predicted molar refractivity (Wildman–Crippen MR) is 271 cm³/mol. The molecule has 0 amide bonds. The van der Waals surface area contributed by atoms with Gasteiger partial charge in [0.05, 0.1) is 34.4 Å². The van der Waals surface area contributed by atoms with E-state index >= 15 is 0 Å². The molecular formula is C56H104NO7+. The van der Waals surface area contributed by atoms with Crippen LogP contribution in [0, 0.1) is 0 Å². The van der Waals surface area contributed by atoms with Crippen LogP contribution in [0.3, 0.4) is 0 Å². The van der Waals surface area contributed by atoms with E-state index < -0.39 is 18.1 Å². The summed E-state index contributed by atoms with van der Waals surface area (Å²) in [4.78, 5) is 37.2. The second-order valence-corrected chi connectivity index (χ2v) is 19.6. The molecule has 0 aliphatic heterocycles. The van der Waals surface area contributed by atoms with Crippen molar-refractivity contribution < 1.29 is 38.2 Å². The Morgan fingerprint density at radius 1 is 0.469 bits per heavy atom. The lowest BCUT2D eigenvalue weighted by atomic mass is 10.0. The van der Waals surface area contributed by atoms with Crippen LogP contribution in [0.4, 0.5) is 0 Å². The van der Waals surface area contributed by atoms with Crippen molar-refractivity contribution in [3.63, 3.8) is 0 Å². The molecule has 8 nitrogen and oxygen atoms in total. The Balaban J connectivity index is 4.22. The lowest BCUT2D eigenvalue weighted by Gasteiger charge is -2.31. The van der Waals surface area contributed by atoms with Gasteiger partial charge < -0.3 is 23.8 Å². The van der Waals surface area contributed by atoms with E-state index in [2.05, 4.69) is 50.3 Å². The molecular weight excluding hydrogens is 799 g/mol. The summed E-state index contributed by atoms with van der Waals surface area (Å²) in [5, 5.41) is 9.66. The largest absolute Gasteiger partial charge is 0.477 e. The van der Waals surface area contributed by atoms with E-state index in [9.17, 15) is 19.5 Å². The second kappa shape index (κ2) is 47.1. The minimum Gasteiger partial charge on any atom is -0.477 e. The van der Waals surface area contributed by atoms with Crippen molar-refractivity contribution in [1.82, 2.24) is 0 Å². The van der Waals surface area contributed by atoms with Crippen molar-refractivity contribution >= 4 is 17.9 Å². The molecule has 0 fully saturated rings. The first kappa shape index (κ1) is 61.5. The van der Waals surface area contributed by atoms with E-state index in [-0.39, 0.29) is 36.2 Å². The molecule has 2 atom stereocenters. The minimum atomic E-state index is -0.875. The van der Waals surface area contributed by atoms with Gasteiger partial charge in [-0.3, -0.25) is 9.59 Å². The molecule has 0 saturated heterocycles. The van der Waals surface area contributed by atoms with Gasteiger partial charge in [0.2, 0.25) is 0 Å². The van der Waals surface area contributed by atoms with Gasteiger partial charge in [-0.15, -0.1) is 0 Å². The molecule has 64 heavy (non-hydrogen) atoms. The van der Waals surface area contributed by atoms with Crippen molar-refractivity contribution in [3.8, 4) is 0 Å². The molecule has 2 unspecified atom stereocenters. The molecule has 0 spiro atoms. The van der Waals surface area contributed by atoms with Gasteiger partial charge in [0.1, 0.15) is 6.61 Å². The van der Waals surface area contributed by atoms with Gasteiger partial charge in [0, 0.05) is 19.3 Å². The second-order valence-electron chi connectivity index (χ2n) is 19.6. The van der Waals surface area contributed by atoms with Gasteiger partial charge in [0.25, 0.3) is 0 Å². The molecule has 8 heteroatoms. The van der Waals surface area contributed by atoms with Gasteiger partial charge in [0.15, 0.2) is 12.1 Å². The van der Waals surface area contributed by atoms with Crippen LogP contribution in [0.25, 0.3) is 0 Å². The highest BCUT2D eigenvalue weighted by Gasteiger charge is 2.31. The van der Waals surface area contributed by atoms with E-state index in [0.717, 1.165) is 64.2 Å². The first-order valence-corrected chi connectivity index (χ1v) is 27.1. The van der Waals surface area contributed by atoms with Gasteiger partial charge in [-0.1, -0.05) is 230 Å². The predicted octanol–water partition coefficient (Wildman–Crippen LogP) is 15.8. The highest BCUT2D eigenvalue weighted by atomic mass is 16.6. The number of allylic oxidation sites excluding steroid dienone is 6. The molecule has 0 aromatic heterocycles. The molecule has 0 radical (unpaired) electrons. The van der Waals surface area contributed by atoms with Crippen LogP contribution in [-0.4, -0.2) is 80.6 Å². The maximum atomic E-state index is 12.8. The number of rotatable bonds is 49. The summed E-state index contributed by atoms with van der Waals surface area (Å²) >= 11 is 0. The summed E-state index contributed by atoms with van der Waals surface area (Å²) in [6.45, 7) is 4.74. The molecule has 1 N–H and O–H groups in total. The Labute approximate surface area is 395 Å². The van der Waals surface area contributed by atoms with Gasteiger partial charge in [-0.25, -0.2) is 4.79 Å². The minimum absolute atomic E-state index is 0.0575. The smallest absolute Gasteiger partial charge is 0.362 e. The maximum Gasteiger partial charge on any atom is 0.362 e. The number of nitrogens with zero attached hydrogens (tertiary/aromatic N) is 1. The molecule has 0 rings (SSSR count). The molecule has 0 aromatic carbocycles. The summed E-state index contributed by atoms with van der Waals surface area (Å²) in [7, 11) is 5.54. The van der Waals surface area contributed by atoms with E-state index in [4.69, 9.17) is 14.2 Å². The van der Waals surface area contributed by atoms with Crippen molar-refractivity contribution in [2.24, 2.45) is 0 Å². The Kier molecular flexibility index (Phi) is 45.3. The molecule has 0 aromatic rings. The van der Waals surface area contributed by atoms with Crippen LogP contribution in [0.15, 0.2) is 36.5 Å². The fourth-order valence-corrected chi connectivity index (χ4v) is 8.15. The SMILES string of the molecule is CCCCCCC/C=C/C=C/C=C/CCCCCCCC(=O)OCC(COCCC(C(=O)O)[N+](C)(C)C)OC(=O)CCCCCCCCCCCCCCCCCCCCCCCC. The zero-order chi connectivity index (χ0) is 47.0. The van der Waals surface area contributed by atoms with Crippen LogP contribution < -0.4 is 0 Å². The summed E-state index contributed by atoms with van der Waals surface area (Å²) < 4.78 is 17.4. The highest BCUT2D eigenvalue weighted by molar-refractivity contribution is 5.72. The third-order valence-corrected chi connectivity index (χ3v) is 12.4. The standard InChI is InChI=1S/C56H103NO7/c1-6-8-10-12-14-16-18-20-22-24-26-27-28-29-31-33-35-37-39-41-43-45-47-55(59)64-52(50-62-49-48-53(56(60)61)57(3,4)5)51-63-54(58)46-44-42-40-38-36-34-32-30-25-23-21-19-17-15-13-11-9-7-2/h19,21,23,25,30,32,52-53H,6-18,20,22,24,26-29,31,33-51H2,1-5H3/p+1/b21-19+,25-23+,32-30+. The molecule has 0 heterocycles. The zero-order valence-electron chi connectivity index (χ0n) is 42.7. The number of aliphatic carboxylic acids is 1. The summed E-state index contributed by atoms with van der Waals surface area (Å²) in [6.07, 6.45) is 56.3. The number of hydrogen-bond acceptors (Lipinski definition) is 6. The summed E-state index contributed by atoms with van der Waals surface area (Å²) in [6, 6.07) is -0.617. The number of carboxylic acid groups (broad SMARTS) is 1. The lowest BCUT2D eigenvalue weighted by molar-refractivity contribution is -0.887. The van der Waals surface area contributed by atoms with E-state index in [1.807, 2.05) is 21.1 Å². The highest BCUT2D eigenvalue weighted by Crippen LogP contribution is 2.17. The first-order valence-electron chi connectivity index (χ1n) is 27.1. The number of carboxylic acids is 1. The molecule has 0 bridgehead atoms. The lowest BCUT2D eigenvalue weighted by Crippen LogP contribution is -2.50. The van der Waals surface area contributed by atoms with Crippen LogP contribution in [0.5, 0.6) is 0 Å². The van der Waals surface area contributed by atoms with Crippen LogP contribution in [0.1, 0.15) is 251 Å². The number of carbonyl (C=O) groups is 3. The van der Waals surface area contributed by atoms with E-state index in [1.165, 1.54) is 154 Å². The van der Waals surface area contributed by atoms with Gasteiger partial charge in [-0.2, -0.15) is 0 Å². The number of likely N-dealkylation sites (N-methyl/N-ethyl adjacent to an activating group) is 1. The van der Waals surface area contributed by atoms with Crippen LogP contribution in [-0.2, 0) is 28.6 Å².